The number of carbonyl (C=O) groups excluding carboxylic acids is 1. The molecule has 1 aromatic rings. The summed E-state index contributed by atoms with van der Waals surface area (Å²) in [4.78, 5) is 15.7. The predicted molar refractivity (Wildman–Crippen MR) is 61.9 cm³/mol. The molecule has 0 fully saturated rings. The van der Waals surface area contributed by atoms with E-state index < -0.39 is 11.7 Å². The van der Waals surface area contributed by atoms with E-state index >= 15 is 0 Å². The molecule has 1 heterocycles. The monoisotopic (exact) mass is 223 g/mol. The number of amides is 1. The van der Waals surface area contributed by atoms with Gasteiger partial charge in [0.05, 0.1) is 0 Å². The van der Waals surface area contributed by atoms with Gasteiger partial charge in [-0.25, -0.2) is 15.6 Å². The zero-order valence-electron chi connectivity index (χ0n) is 10.0. The van der Waals surface area contributed by atoms with Gasteiger partial charge >= 0.3 is 6.09 Å². The second-order valence-corrected chi connectivity index (χ2v) is 4.49. The van der Waals surface area contributed by atoms with Gasteiger partial charge in [0.25, 0.3) is 0 Å². The fraction of sp³-hybridized carbons (Fsp3) is 0.455. The molecule has 16 heavy (non-hydrogen) atoms. The van der Waals surface area contributed by atoms with Crippen LogP contribution in [0.3, 0.4) is 0 Å². The Morgan fingerprint density at radius 1 is 1.50 bits per heavy atom. The number of ether oxygens (including phenoxy) is 1. The van der Waals surface area contributed by atoms with Crippen LogP contribution in [0.1, 0.15) is 26.3 Å². The normalized spacial score (nSPS) is 11.1. The van der Waals surface area contributed by atoms with Gasteiger partial charge in [-0.3, -0.25) is 0 Å². The first-order valence-electron chi connectivity index (χ1n) is 5.00. The number of carbonyl (C=O) groups is 1. The molecule has 0 saturated heterocycles. The van der Waals surface area contributed by atoms with Crippen LogP contribution >= 0.6 is 0 Å². The Morgan fingerprint density at radius 2 is 2.12 bits per heavy atom. The van der Waals surface area contributed by atoms with E-state index in [0.29, 0.717) is 5.82 Å². The van der Waals surface area contributed by atoms with Gasteiger partial charge in [-0.1, -0.05) is 6.07 Å². The fourth-order valence-electron chi connectivity index (χ4n) is 1.13. The number of nitrogens with two attached hydrogens (primary N) is 1. The fourth-order valence-corrected chi connectivity index (χ4v) is 1.13. The molecular formula is C11H17N3O2. The minimum atomic E-state index is -0.616. The Hall–Kier alpha value is -1.62. The van der Waals surface area contributed by atoms with Crippen LogP contribution in [-0.2, 0) is 4.74 Å². The number of nitrogens with zero attached hydrogens (tertiary/aromatic N) is 2. The van der Waals surface area contributed by atoms with Crippen molar-refractivity contribution >= 4 is 11.9 Å². The summed E-state index contributed by atoms with van der Waals surface area (Å²) in [6, 6.07) is 3.61. The predicted octanol–water partition coefficient (Wildman–Crippen LogP) is 2.01. The number of aryl methyl sites for hydroxylation is 1. The Morgan fingerprint density at radius 3 is 2.62 bits per heavy atom. The molecule has 0 aromatic carbocycles. The average molecular weight is 223 g/mol. The summed E-state index contributed by atoms with van der Waals surface area (Å²) in [6.45, 7) is 7.17. The van der Waals surface area contributed by atoms with E-state index in [1.54, 1.807) is 33.0 Å². The SMILES string of the molecule is Cc1cccnc1N(N)C(=O)OC(C)(C)C. The molecule has 0 saturated carbocycles. The highest BCUT2D eigenvalue weighted by Crippen LogP contribution is 2.16. The molecule has 1 amide bonds. The lowest BCUT2D eigenvalue weighted by Gasteiger charge is -2.24. The van der Waals surface area contributed by atoms with Gasteiger partial charge in [0.2, 0.25) is 0 Å². The number of rotatable bonds is 1. The quantitative estimate of drug-likeness (QED) is 0.449. The molecule has 5 nitrogen and oxygen atoms in total. The highest BCUT2D eigenvalue weighted by molar-refractivity contribution is 5.86. The van der Waals surface area contributed by atoms with Gasteiger partial charge in [-0.2, -0.15) is 5.01 Å². The van der Waals surface area contributed by atoms with Crippen LogP contribution in [0, 0.1) is 6.92 Å². The summed E-state index contributed by atoms with van der Waals surface area (Å²) in [5.74, 6) is 6.04. The van der Waals surface area contributed by atoms with Gasteiger partial charge in [-0.05, 0) is 39.3 Å². The van der Waals surface area contributed by atoms with Crippen molar-refractivity contribution in [2.75, 3.05) is 5.01 Å². The summed E-state index contributed by atoms with van der Waals surface area (Å²) in [6.07, 6.45) is 0.960. The Balaban J connectivity index is 2.83. The van der Waals surface area contributed by atoms with Crippen molar-refractivity contribution in [3.63, 3.8) is 0 Å². The number of pyridine rings is 1. The third-order valence-corrected chi connectivity index (χ3v) is 1.80. The van der Waals surface area contributed by atoms with E-state index in [4.69, 9.17) is 10.6 Å². The zero-order chi connectivity index (χ0) is 12.3. The van der Waals surface area contributed by atoms with Gasteiger partial charge in [-0.15, -0.1) is 0 Å². The molecule has 0 aliphatic heterocycles. The molecule has 0 spiro atoms. The van der Waals surface area contributed by atoms with Gasteiger partial charge in [0, 0.05) is 6.20 Å². The van der Waals surface area contributed by atoms with Crippen LogP contribution in [0.4, 0.5) is 10.6 Å². The molecule has 1 rings (SSSR count). The van der Waals surface area contributed by atoms with Crippen molar-refractivity contribution in [1.82, 2.24) is 4.98 Å². The lowest BCUT2D eigenvalue weighted by molar-refractivity contribution is 0.0578. The molecule has 0 radical (unpaired) electrons. The van der Waals surface area contributed by atoms with Gasteiger partial charge in [0.1, 0.15) is 5.60 Å². The summed E-state index contributed by atoms with van der Waals surface area (Å²) in [5.41, 5.74) is 0.244. The Kier molecular flexibility index (Phi) is 3.49. The number of hydrazine groups is 1. The molecule has 5 heteroatoms. The van der Waals surface area contributed by atoms with Crippen LogP contribution in [-0.4, -0.2) is 16.7 Å². The third kappa shape index (κ3) is 3.20. The first-order chi connectivity index (χ1) is 7.31. The maximum absolute atomic E-state index is 11.7. The number of hydrogen-bond acceptors (Lipinski definition) is 4. The second-order valence-electron chi connectivity index (χ2n) is 4.49. The number of anilines is 1. The van der Waals surface area contributed by atoms with Crippen molar-refractivity contribution in [3.8, 4) is 0 Å². The van der Waals surface area contributed by atoms with E-state index in [9.17, 15) is 4.79 Å². The van der Waals surface area contributed by atoms with E-state index in [1.165, 1.54) is 0 Å². The highest BCUT2D eigenvalue weighted by atomic mass is 16.6. The van der Waals surface area contributed by atoms with Gasteiger partial charge < -0.3 is 4.74 Å². The van der Waals surface area contributed by atoms with Crippen molar-refractivity contribution < 1.29 is 9.53 Å². The largest absolute Gasteiger partial charge is 0.442 e. The van der Waals surface area contributed by atoms with Crippen molar-refractivity contribution in [3.05, 3.63) is 23.9 Å². The molecule has 0 aliphatic rings. The standard InChI is InChI=1S/C11H17N3O2/c1-8-6-5-7-13-9(8)14(12)10(15)16-11(2,3)4/h5-7H,12H2,1-4H3. The van der Waals surface area contributed by atoms with Crippen LogP contribution < -0.4 is 10.9 Å². The van der Waals surface area contributed by atoms with Crippen molar-refractivity contribution in [2.24, 2.45) is 5.84 Å². The first kappa shape index (κ1) is 12.4. The van der Waals surface area contributed by atoms with E-state index in [1.807, 2.05) is 13.0 Å². The number of hydrogen-bond donors (Lipinski definition) is 1. The van der Waals surface area contributed by atoms with Crippen LogP contribution in [0.15, 0.2) is 18.3 Å². The zero-order valence-corrected chi connectivity index (χ0v) is 10.0. The molecule has 0 bridgehead atoms. The minimum absolute atomic E-state index is 0.400. The summed E-state index contributed by atoms with van der Waals surface area (Å²) >= 11 is 0. The Bertz CT molecular complexity index is 385. The topological polar surface area (TPSA) is 68.5 Å². The average Bonchev–Trinajstić information content (AvgIpc) is 2.15. The summed E-state index contributed by atoms with van der Waals surface area (Å²) in [7, 11) is 0. The van der Waals surface area contributed by atoms with Crippen LogP contribution in [0.5, 0.6) is 0 Å². The van der Waals surface area contributed by atoms with Crippen molar-refractivity contribution in [1.29, 1.82) is 0 Å². The molecule has 2 N–H and O–H groups in total. The molecule has 1 aromatic heterocycles. The van der Waals surface area contributed by atoms with Crippen LogP contribution in [0.2, 0.25) is 0 Å². The van der Waals surface area contributed by atoms with Crippen LogP contribution in [0.25, 0.3) is 0 Å². The number of aromatic nitrogens is 1. The third-order valence-electron chi connectivity index (χ3n) is 1.80. The highest BCUT2D eigenvalue weighted by Gasteiger charge is 2.22. The first-order valence-corrected chi connectivity index (χ1v) is 5.00. The van der Waals surface area contributed by atoms with E-state index in [-0.39, 0.29) is 0 Å². The molecule has 88 valence electrons. The lowest BCUT2D eigenvalue weighted by atomic mass is 10.2. The summed E-state index contributed by atoms with van der Waals surface area (Å²) in [5, 5.41) is 0.917. The lowest BCUT2D eigenvalue weighted by Crippen LogP contribution is -2.42. The van der Waals surface area contributed by atoms with E-state index in [2.05, 4.69) is 4.98 Å². The minimum Gasteiger partial charge on any atom is -0.442 e. The second kappa shape index (κ2) is 4.49. The molecule has 0 atom stereocenters. The maximum atomic E-state index is 11.7. The van der Waals surface area contributed by atoms with Gasteiger partial charge in [0.15, 0.2) is 5.82 Å². The molecule has 0 unspecified atom stereocenters. The maximum Gasteiger partial charge on any atom is 0.430 e. The Labute approximate surface area is 95.2 Å². The van der Waals surface area contributed by atoms with Crippen molar-refractivity contribution in [2.45, 2.75) is 33.3 Å². The smallest absolute Gasteiger partial charge is 0.430 e. The summed E-state index contributed by atoms with van der Waals surface area (Å²) < 4.78 is 5.13. The van der Waals surface area contributed by atoms with E-state index in [0.717, 1.165) is 10.6 Å². The molecular weight excluding hydrogens is 206 g/mol. The molecule has 0 aliphatic carbocycles.